The predicted octanol–water partition coefficient (Wildman–Crippen LogP) is 1.16. The molecule has 0 saturated carbocycles. The zero-order valence-electron chi connectivity index (χ0n) is 5.86. The van der Waals surface area contributed by atoms with Gasteiger partial charge in [-0.25, -0.2) is 0 Å². The van der Waals surface area contributed by atoms with E-state index in [2.05, 4.69) is 4.90 Å². The summed E-state index contributed by atoms with van der Waals surface area (Å²) in [5, 5.41) is 8.58. The van der Waals surface area contributed by atoms with E-state index in [0.29, 0.717) is 11.3 Å². The standard InChI is InChI=1S/C7H4B2N2/c8-9-11-7-4-2-1-3-6(7)5-10/h1-4H. The Morgan fingerprint density at radius 3 is 2.82 bits per heavy atom. The molecule has 0 heterocycles. The average Bonchev–Trinajstić information content (AvgIpc) is 2.06. The van der Waals surface area contributed by atoms with Gasteiger partial charge in [-0.3, -0.25) is 0 Å². The molecule has 2 nitrogen and oxygen atoms in total. The van der Waals surface area contributed by atoms with Gasteiger partial charge in [0.2, 0.25) is 0 Å². The summed E-state index contributed by atoms with van der Waals surface area (Å²) < 4.78 is 0. The fourth-order valence-corrected chi connectivity index (χ4v) is 0.761. The summed E-state index contributed by atoms with van der Waals surface area (Å²) in [6, 6.07) is 9.04. The van der Waals surface area contributed by atoms with Crippen LogP contribution < -0.4 is 0 Å². The van der Waals surface area contributed by atoms with Crippen molar-refractivity contribution in [2.24, 2.45) is 4.90 Å². The van der Waals surface area contributed by atoms with Crippen LogP contribution in [0.3, 0.4) is 0 Å². The Labute approximate surface area is 67.2 Å². The molecular formula is C7H4B2N2. The first-order chi connectivity index (χ1) is 5.38. The molecule has 4 heteroatoms. The summed E-state index contributed by atoms with van der Waals surface area (Å²) in [6.07, 6.45) is 0. The van der Waals surface area contributed by atoms with E-state index in [-0.39, 0.29) is 0 Å². The molecule has 0 aliphatic carbocycles. The van der Waals surface area contributed by atoms with Gasteiger partial charge < -0.3 is 0 Å². The van der Waals surface area contributed by atoms with E-state index in [1.54, 1.807) is 18.2 Å². The summed E-state index contributed by atoms with van der Waals surface area (Å²) in [4.78, 5) is 3.81. The van der Waals surface area contributed by atoms with Crippen LogP contribution in [0, 0.1) is 11.3 Å². The summed E-state index contributed by atoms with van der Waals surface area (Å²) in [7, 11) is 5.08. The molecule has 0 fully saturated rings. The average molecular weight is 138 g/mol. The van der Waals surface area contributed by atoms with Crippen molar-refractivity contribution in [3.63, 3.8) is 0 Å². The number of rotatable bonds is 1. The van der Waals surface area contributed by atoms with Crippen LogP contribution in [-0.4, -0.2) is 14.7 Å². The van der Waals surface area contributed by atoms with E-state index >= 15 is 0 Å². The Morgan fingerprint density at radius 1 is 1.45 bits per heavy atom. The molecule has 0 bridgehead atoms. The quantitative estimate of drug-likeness (QED) is 0.536. The van der Waals surface area contributed by atoms with Gasteiger partial charge in [0.25, 0.3) is 0 Å². The Morgan fingerprint density at radius 2 is 2.18 bits per heavy atom. The van der Waals surface area contributed by atoms with Crippen LogP contribution in [0.15, 0.2) is 29.2 Å². The number of nitriles is 1. The SMILES string of the molecule is [B]B=Nc1ccccc1C#N. The summed E-state index contributed by atoms with van der Waals surface area (Å²) in [5.74, 6) is 0. The topological polar surface area (TPSA) is 36.1 Å². The van der Waals surface area contributed by atoms with E-state index in [1.807, 2.05) is 12.1 Å². The molecule has 1 rings (SSSR count). The van der Waals surface area contributed by atoms with Crippen LogP contribution in [0.4, 0.5) is 5.69 Å². The fourth-order valence-electron chi connectivity index (χ4n) is 0.761. The van der Waals surface area contributed by atoms with Crippen molar-refractivity contribution in [2.75, 3.05) is 0 Å². The molecule has 1 aromatic rings. The van der Waals surface area contributed by atoms with Crippen molar-refractivity contribution >= 4 is 20.4 Å². The van der Waals surface area contributed by atoms with E-state index in [9.17, 15) is 0 Å². The molecule has 0 atom stereocenters. The molecule has 1 aromatic carbocycles. The molecule has 11 heavy (non-hydrogen) atoms. The second kappa shape index (κ2) is 3.72. The third-order valence-corrected chi connectivity index (χ3v) is 1.24. The second-order valence-corrected chi connectivity index (χ2v) is 1.91. The molecular weight excluding hydrogens is 134 g/mol. The van der Waals surface area contributed by atoms with Crippen LogP contribution in [0.1, 0.15) is 5.56 Å². The first-order valence-corrected chi connectivity index (χ1v) is 3.12. The Hall–Kier alpha value is -1.36. The van der Waals surface area contributed by atoms with Crippen molar-refractivity contribution < 1.29 is 0 Å². The van der Waals surface area contributed by atoms with Gasteiger partial charge in [0.15, 0.2) is 0 Å². The Balaban J connectivity index is 3.15. The van der Waals surface area contributed by atoms with Crippen LogP contribution in [0.5, 0.6) is 0 Å². The zero-order valence-corrected chi connectivity index (χ0v) is 5.86. The van der Waals surface area contributed by atoms with Gasteiger partial charge in [-0.15, -0.1) is 0 Å². The fraction of sp³-hybridized carbons (Fsp3) is 0. The zero-order chi connectivity index (χ0) is 8.10. The van der Waals surface area contributed by atoms with Crippen molar-refractivity contribution in [3.8, 4) is 6.07 Å². The molecule has 0 aromatic heterocycles. The van der Waals surface area contributed by atoms with E-state index in [1.165, 1.54) is 6.96 Å². The number of nitrogens with zero attached hydrogens (tertiary/aromatic N) is 2. The maximum absolute atomic E-state index is 8.58. The maximum atomic E-state index is 8.58. The molecule has 2 radical (unpaired) electrons. The first-order valence-electron chi connectivity index (χ1n) is 3.12. The number of hydrogen-bond donors (Lipinski definition) is 0. The van der Waals surface area contributed by atoms with Gasteiger partial charge in [-0.05, 0) is 0 Å². The van der Waals surface area contributed by atoms with E-state index in [4.69, 9.17) is 13.0 Å². The molecule has 0 spiro atoms. The van der Waals surface area contributed by atoms with Crippen molar-refractivity contribution in [3.05, 3.63) is 29.8 Å². The van der Waals surface area contributed by atoms with Gasteiger partial charge in [0, 0.05) is 0 Å². The van der Waals surface area contributed by atoms with Crippen LogP contribution in [-0.2, 0) is 0 Å². The van der Waals surface area contributed by atoms with Crippen molar-refractivity contribution in [1.82, 2.24) is 0 Å². The minimum atomic E-state index is 0.536. The third-order valence-electron chi connectivity index (χ3n) is 1.24. The summed E-state index contributed by atoms with van der Waals surface area (Å²) >= 11 is 0. The predicted molar refractivity (Wildman–Crippen MR) is 44.8 cm³/mol. The molecule has 48 valence electrons. The number of benzene rings is 1. The third kappa shape index (κ3) is 1.78. The van der Waals surface area contributed by atoms with E-state index < -0.39 is 0 Å². The van der Waals surface area contributed by atoms with Gasteiger partial charge in [0.1, 0.15) is 0 Å². The van der Waals surface area contributed by atoms with E-state index in [0.717, 1.165) is 0 Å². The minimum absolute atomic E-state index is 0.536. The molecule has 0 saturated heterocycles. The van der Waals surface area contributed by atoms with Crippen LogP contribution >= 0.6 is 0 Å². The van der Waals surface area contributed by atoms with Crippen molar-refractivity contribution in [1.29, 1.82) is 5.26 Å². The number of hydrogen-bond acceptors (Lipinski definition) is 2. The summed E-state index contributed by atoms with van der Waals surface area (Å²) in [5.41, 5.74) is 1.15. The molecule has 0 unspecified atom stereocenters. The molecule has 0 aliphatic rings. The molecule has 0 aliphatic heterocycles. The van der Waals surface area contributed by atoms with Gasteiger partial charge in [0.05, 0.1) is 0 Å². The molecule has 0 amide bonds. The normalized spacial score (nSPS) is 9.00. The van der Waals surface area contributed by atoms with Crippen LogP contribution in [0.2, 0.25) is 0 Å². The second-order valence-electron chi connectivity index (χ2n) is 1.91. The van der Waals surface area contributed by atoms with Gasteiger partial charge in [-0.1, -0.05) is 0 Å². The monoisotopic (exact) mass is 138 g/mol. The Kier molecular flexibility index (Phi) is 2.62. The Bertz CT molecular complexity index is 314. The summed E-state index contributed by atoms with van der Waals surface area (Å²) in [6.45, 7) is 1.18. The van der Waals surface area contributed by atoms with Crippen molar-refractivity contribution in [2.45, 2.75) is 0 Å². The van der Waals surface area contributed by atoms with Crippen LogP contribution in [0.25, 0.3) is 0 Å². The van der Waals surface area contributed by atoms with Gasteiger partial charge >= 0.3 is 66.4 Å². The first kappa shape index (κ1) is 7.74. The molecule has 0 N–H and O–H groups in total. The van der Waals surface area contributed by atoms with Gasteiger partial charge in [-0.2, -0.15) is 0 Å².